The van der Waals surface area contributed by atoms with Crippen molar-refractivity contribution in [3.63, 3.8) is 0 Å². The second-order valence-corrected chi connectivity index (χ2v) is 7.31. The molecule has 0 spiro atoms. The molecule has 2 aliphatic rings. The smallest absolute Gasteiger partial charge is 0.229 e. The van der Waals surface area contributed by atoms with Crippen molar-refractivity contribution in [2.24, 2.45) is 5.73 Å². The van der Waals surface area contributed by atoms with E-state index in [1.807, 2.05) is 0 Å². The van der Waals surface area contributed by atoms with Gasteiger partial charge in [-0.15, -0.1) is 0 Å². The van der Waals surface area contributed by atoms with E-state index in [-0.39, 0.29) is 12.1 Å². The molecule has 0 atom stereocenters. The van der Waals surface area contributed by atoms with Crippen LogP contribution < -0.4 is 21.7 Å². The summed E-state index contributed by atoms with van der Waals surface area (Å²) in [6.45, 7) is 3.29. The van der Waals surface area contributed by atoms with Gasteiger partial charge in [0.1, 0.15) is 0 Å². The zero-order valence-corrected chi connectivity index (χ0v) is 16.4. The summed E-state index contributed by atoms with van der Waals surface area (Å²) in [5.41, 5.74) is 5.36. The molecule has 10 heteroatoms. The van der Waals surface area contributed by atoms with Crippen molar-refractivity contribution in [3.8, 4) is 0 Å². The van der Waals surface area contributed by atoms with Crippen molar-refractivity contribution in [2.75, 3.05) is 55.5 Å². The minimum Gasteiger partial charge on any atom is -0.393 e. The highest BCUT2D eigenvalue weighted by Gasteiger charge is 2.24. The van der Waals surface area contributed by atoms with Gasteiger partial charge in [-0.05, 0) is 38.5 Å². The second-order valence-electron chi connectivity index (χ2n) is 7.31. The molecule has 1 aromatic heterocycles. The number of nitrogens with two attached hydrogens (primary N) is 1. The predicted octanol–water partition coefficient (Wildman–Crippen LogP) is 0.565. The van der Waals surface area contributed by atoms with Crippen LogP contribution in [-0.4, -0.2) is 77.8 Å². The number of hydrogen-bond donors (Lipinski definition) is 5. The first-order valence-corrected chi connectivity index (χ1v) is 10.3. The second kappa shape index (κ2) is 11.3. The van der Waals surface area contributed by atoms with Crippen LogP contribution in [0, 0.1) is 0 Å². The first-order valence-electron chi connectivity index (χ1n) is 10.3. The van der Waals surface area contributed by atoms with E-state index in [0.29, 0.717) is 63.4 Å². The monoisotopic (exact) mass is 395 g/mol. The SMILES string of the molecule is NCCOCCOCCNc1nc(NC2CCC(O)CC2)nc(NC2CC2)n1. The topological polar surface area (TPSA) is 139 Å². The Morgan fingerprint density at radius 3 is 1.89 bits per heavy atom. The minimum absolute atomic E-state index is 0.179. The lowest BCUT2D eigenvalue weighted by molar-refractivity contribution is 0.0547. The van der Waals surface area contributed by atoms with E-state index < -0.39 is 0 Å². The summed E-state index contributed by atoms with van der Waals surface area (Å²) >= 11 is 0. The predicted molar refractivity (Wildman–Crippen MR) is 108 cm³/mol. The Morgan fingerprint density at radius 2 is 1.32 bits per heavy atom. The number of nitrogens with one attached hydrogen (secondary N) is 3. The van der Waals surface area contributed by atoms with Gasteiger partial charge in [-0.25, -0.2) is 0 Å². The van der Waals surface area contributed by atoms with Crippen LogP contribution in [0.3, 0.4) is 0 Å². The third-order valence-corrected chi connectivity index (χ3v) is 4.74. The van der Waals surface area contributed by atoms with Gasteiger partial charge in [0.05, 0.1) is 32.5 Å². The Labute approximate surface area is 166 Å². The number of aliphatic hydroxyl groups is 1. The number of ether oxygens (including phenoxy) is 2. The van der Waals surface area contributed by atoms with Crippen LogP contribution in [0.25, 0.3) is 0 Å². The average molecular weight is 396 g/mol. The van der Waals surface area contributed by atoms with Crippen molar-refractivity contribution in [1.82, 2.24) is 15.0 Å². The third kappa shape index (κ3) is 7.70. The van der Waals surface area contributed by atoms with E-state index in [1.165, 1.54) is 0 Å². The molecule has 2 saturated carbocycles. The van der Waals surface area contributed by atoms with Gasteiger partial charge in [0, 0.05) is 25.2 Å². The first-order chi connectivity index (χ1) is 13.7. The zero-order valence-electron chi connectivity index (χ0n) is 16.4. The van der Waals surface area contributed by atoms with Crippen LogP contribution in [0.5, 0.6) is 0 Å². The molecule has 0 unspecified atom stereocenters. The van der Waals surface area contributed by atoms with Crippen molar-refractivity contribution in [3.05, 3.63) is 0 Å². The molecule has 1 aromatic rings. The molecule has 0 saturated heterocycles. The Bertz CT molecular complexity index is 580. The van der Waals surface area contributed by atoms with Gasteiger partial charge in [0.2, 0.25) is 17.8 Å². The van der Waals surface area contributed by atoms with Gasteiger partial charge in [0.15, 0.2) is 0 Å². The molecule has 28 heavy (non-hydrogen) atoms. The molecule has 0 radical (unpaired) electrons. The van der Waals surface area contributed by atoms with Crippen LogP contribution in [0.2, 0.25) is 0 Å². The van der Waals surface area contributed by atoms with E-state index in [2.05, 4.69) is 30.9 Å². The molecule has 0 aromatic carbocycles. The van der Waals surface area contributed by atoms with Crippen LogP contribution in [-0.2, 0) is 9.47 Å². The molecule has 10 nitrogen and oxygen atoms in total. The molecule has 158 valence electrons. The molecule has 0 aliphatic heterocycles. The molecule has 2 fully saturated rings. The Hall–Kier alpha value is -1.75. The fourth-order valence-electron chi connectivity index (χ4n) is 3.04. The van der Waals surface area contributed by atoms with Crippen LogP contribution >= 0.6 is 0 Å². The number of hydrogen-bond acceptors (Lipinski definition) is 10. The van der Waals surface area contributed by atoms with E-state index in [4.69, 9.17) is 15.2 Å². The molecule has 6 N–H and O–H groups in total. The maximum atomic E-state index is 9.67. The number of nitrogens with zero attached hydrogens (tertiary/aromatic N) is 3. The Morgan fingerprint density at radius 1 is 0.786 bits per heavy atom. The molecule has 0 amide bonds. The quantitative estimate of drug-likeness (QED) is 0.301. The van der Waals surface area contributed by atoms with Gasteiger partial charge in [-0.1, -0.05) is 0 Å². The molecule has 1 heterocycles. The lowest BCUT2D eigenvalue weighted by Gasteiger charge is -2.26. The van der Waals surface area contributed by atoms with Crippen molar-refractivity contribution < 1.29 is 14.6 Å². The normalized spacial score (nSPS) is 22.1. The van der Waals surface area contributed by atoms with Crippen LogP contribution in [0.15, 0.2) is 0 Å². The highest BCUT2D eigenvalue weighted by molar-refractivity contribution is 5.43. The molecular formula is C18H33N7O3. The van der Waals surface area contributed by atoms with Crippen LogP contribution in [0.4, 0.5) is 17.8 Å². The largest absolute Gasteiger partial charge is 0.393 e. The van der Waals surface area contributed by atoms with Gasteiger partial charge in [0.25, 0.3) is 0 Å². The van der Waals surface area contributed by atoms with E-state index in [0.717, 1.165) is 38.5 Å². The van der Waals surface area contributed by atoms with E-state index in [9.17, 15) is 5.11 Å². The highest BCUT2D eigenvalue weighted by atomic mass is 16.5. The summed E-state index contributed by atoms with van der Waals surface area (Å²) in [6, 6.07) is 0.745. The van der Waals surface area contributed by atoms with Gasteiger partial charge in [-0.3, -0.25) is 0 Å². The number of anilines is 3. The minimum atomic E-state index is -0.179. The van der Waals surface area contributed by atoms with Crippen molar-refractivity contribution in [2.45, 2.75) is 56.7 Å². The lowest BCUT2D eigenvalue weighted by atomic mass is 9.93. The first kappa shape index (κ1) is 21.0. The zero-order chi connectivity index (χ0) is 19.6. The summed E-state index contributed by atoms with van der Waals surface area (Å²) in [6.07, 6.45) is 5.58. The Balaban J connectivity index is 1.46. The number of aliphatic hydroxyl groups excluding tert-OH is 1. The molecule has 0 bridgehead atoms. The fraction of sp³-hybridized carbons (Fsp3) is 0.833. The van der Waals surface area contributed by atoms with Crippen molar-refractivity contribution >= 4 is 17.8 Å². The van der Waals surface area contributed by atoms with E-state index in [1.54, 1.807) is 0 Å². The van der Waals surface area contributed by atoms with Crippen LogP contribution in [0.1, 0.15) is 38.5 Å². The average Bonchev–Trinajstić information content (AvgIpc) is 3.50. The summed E-state index contributed by atoms with van der Waals surface area (Å²) in [5, 5.41) is 19.6. The maximum Gasteiger partial charge on any atom is 0.229 e. The third-order valence-electron chi connectivity index (χ3n) is 4.74. The standard InChI is InChI=1S/C18H33N7O3/c19-7-9-27-11-12-28-10-8-20-16-23-17(21-13-1-2-13)25-18(24-16)22-14-3-5-15(26)6-4-14/h13-15,26H,1-12,19H2,(H3,20,21,22,23,24,25). The molecule has 3 rings (SSSR count). The lowest BCUT2D eigenvalue weighted by Crippen LogP contribution is -2.29. The van der Waals surface area contributed by atoms with Crippen molar-refractivity contribution in [1.29, 1.82) is 0 Å². The molecular weight excluding hydrogens is 362 g/mol. The highest BCUT2D eigenvalue weighted by Crippen LogP contribution is 2.25. The summed E-state index contributed by atoms with van der Waals surface area (Å²) < 4.78 is 10.8. The summed E-state index contributed by atoms with van der Waals surface area (Å²) in [4.78, 5) is 13.5. The number of aromatic nitrogens is 3. The molecule has 2 aliphatic carbocycles. The van der Waals surface area contributed by atoms with E-state index >= 15 is 0 Å². The Kier molecular flexibility index (Phi) is 8.46. The summed E-state index contributed by atoms with van der Waals surface area (Å²) in [5.74, 6) is 1.69. The maximum absolute atomic E-state index is 9.67. The van der Waals surface area contributed by atoms with Gasteiger partial charge >= 0.3 is 0 Å². The fourth-order valence-corrected chi connectivity index (χ4v) is 3.04. The summed E-state index contributed by atoms with van der Waals surface area (Å²) in [7, 11) is 0. The number of rotatable bonds is 13. The van der Waals surface area contributed by atoms with Gasteiger partial charge < -0.3 is 36.3 Å². The van der Waals surface area contributed by atoms with Gasteiger partial charge in [-0.2, -0.15) is 15.0 Å².